The zero-order valence-electron chi connectivity index (χ0n) is 17.1. The highest BCUT2D eigenvalue weighted by Gasteiger charge is 2.39. The van der Waals surface area contributed by atoms with E-state index >= 15 is 0 Å². The Balaban J connectivity index is 1.77. The molecule has 2 heterocycles. The van der Waals surface area contributed by atoms with Crippen molar-refractivity contribution >= 4 is 16.9 Å². The van der Waals surface area contributed by atoms with Gasteiger partial charge in [-0.25, -0.2) is 13.6 Å². The Hall–Kier alpha value is -3.04. The van der Waals surface area contributed by atoms with E-state index in [2.05, 4.69) is 18.1 Å². The lowest BCUT2D eigenvalue weighted by Crippen LogP contribution is -2.18. The molecule has 158 valence electrons. The number of aromatic carboxylic acids is 1. The minimum atomic E-state index is -1.08. The first-order chi connectivity index (χ1) is 15.0. The van der Waals surface area contributed by atoms with Crippen molar-refractivity contribution in [2.24, 2.45) is 5.92 Å². The van der Waals surface area contributed by atoms with Crippen LogP contribution >= 0.6 is 0 Å². The van der Waals surface area contributed by atoms with Gasteiger partial charge in [-0.15, -0.1) is 0 Å². The van der Waals surface area contributed by atoms with Crippen LogP contribution in [0.15, 0.2) is 30.3 Å². The van der Waals surface area contributed by atoms with Crippen molar-refractivity contribution in [2.75, 3.05) is 13.2 Å². The predicted molar refractivity (Wildman–Crippen MR) is 110 cm³/mol. The highest BCUT2D eigenvalue weighted by molar-refractivity contribution is 5.99. The molecule has 1 aromatic heterocycles. The Morgan fingerprint density at radius 1 is 1.16 bits per heavy atom. The number of nitrogens with zero attached hydrogens (tertiary/aromatic N) is 1. The summed E-state index contributed by atoms with van der Waals surface area (Å²) in [5.41, 5.74) is 2.86. The van der Waals surface area contributed by atoms with Gasteiger partial charge in [0.2, 0.25) is 0 Å². The van der Waals surface area contributed by atoms with Crippen LogP contribution in [0.4, 0.5) is 8.78 Å². The largest absolute Gasteiger partial charge is 0.477 e. The van der Waals surface area contributed by atoms with Gasteiger partial charge in [0.05, 0.1) is 10.9 Å². The topological polar surface area (TPSA) is 60.6 Å². The molecule has 0 radical (unpaired) electrons. The fourth-order valence-corrected chi connectivity index (χ4v) is 4.89. The maximum atomic E-state index is 14.8. The minimum absolute atomic E-state index is 0.00372. The molecule has 0 bridgehead atoms. The van der Waals surface area contributed by atoms with E-state index < -0.39 is 17.6 Å². The van der Waals surface area contributed by atoms with Crippen molar-refractivity contribution < 1.29 is 28.4 Å². The number of hydrogen-bond donors (Lipinski definition) is 1. The van der Waals surface area contributed by atoms with E-state index in [1.54, 1.807) is 12.1 Å². The average Bonchev–Trinajstić information content (AvgIpc) is 3.48. The van der Waals surface area contributed by atoms with Gasteiger partial charge in [-0.05, 0) is 71.3 Å². The molecule has 1 unspecified atom stereocenters. The van der Waals surface area contributed by atoms with Crippen LogP contribution in [-0.4, -0.2) is 24.3 Å². The molecule has 0 spiro atoms. The Bertz CT molecular complexity index is 1190. The third kappa shape index (κ3) is 3.43. The van der Waals surface area contributed by atoms with E-state index in [1.165, 1.54) is 6.07 Å². The van der Waals surface area contributed by atoms with Gasteiger partial charge in [-0.3, -0.25) is 0 Å². The summed E-state index contributed by atoms with van der Waals surface area (Å²) in [5.74, 6) is -1.88. The number of carbonyl (C=O) groups is 1. The molecule has 2 aromatic carbocycles. The number of para-hydroxylation sites is 1. The molecule has 0 amide bonds. The molecule has 31 heavy (non-hydrogen) atoms. The summed E-state index contributed by atoms with van der Waals surface area (Å²) >= 11 is 0. The molecule has 1 aliphatic heterocycles. The Labute approximate surface area is 178 Å². The monoisotopic (exact) mass is 422 g/mol. The van der Waals surface area contributed by atoms with Crippen molar-refractivity contribution in [3.8, 4) is 11.1 Å². The number of hydrogen-bond acceptors (Lipinski definition) is 2. The van der Waals surface area contributed by atoms with Gasteiger partial charge in [0.1, 0.15) is 11.6 Å². The number of benzene rings is 2. The quantitative estimate of drug-likeness (QED) is 0.650. The van der Waals surface area contributed by atoms with Crippen LogP contribution in [0.2, 0.25) is 0 Å². The number of carboxylic acid groups (broad SMARTS) is 1. The first-order valence-electron chi connectivity index (χ1n) is 10.6. The molecule has 1 N–H and O–H groups in total. The van der Waals surface area contributed by atoms with Crippen molar-refractivity contribution in [3.05, 3.63) is 64.9 Å². The van der Waals surface area contributed by atoms with Gasteiger partial charge >= 0.3 is 17.7 Å². The molecule has 2 atom stereocenters. The maximum absolute atomic E-state index is 14.8. The zero-order valence-corrected chi connectivity index (χ0v) is 17.1. The summed E-state index contributed by atoms with van der Waals surface area (Å²) in [4.78, 5) is 16.3. The molecule has 5 rings (SSSR count). The Morgan fingerprint density at radius 2 is 1.90 bits per heavy atom. The number of carboxylic acids is 1. The van der Waals surface area contributed by atoms with E-state index in [-0.39, 0.29) is 17.4 Å². The molecule has 1 aliphatic carbocycles. The minimum Gasteiger partial charge on any atom is -0.477 e. The van der Waals surface area contributed by atoms with Gasteiger partial charge in [0, 0.05) is 24.8 Å². The number of rotatable bonds is 4. The summed E-state index contributed by atoms with van der Waals surface area (Å²) in [6, 6.07) is 7.73. The number of ether oxygens (including phenoxy) is 1. The Kier molecular flexibility index (Phi) is 4.86. The molecule has 4 nitrogen and oxygen atoms in total. The maximum Gasteiger partial charge on any atom is 0.355 e. The third-order valence-corrected chi connectivity index (χ3v) is 6.58. The molecular formula is C25H22F2NO3+. The second kappa shape index (κ2) is 7.58. The van der Waals surface area contributed by atoms with Gasteiger partial charge in [-0.1, -0.05) is 13.0 Å². The highest BCUT2D eigenvalue weighted by atomic mass is 19.1. The van der Waals surface area contributed by atoms with E-state index in [9.17, 15) is 18.7 Å². The lowest BCUT2D eigenvalue weighted by molar-refractivity contribution is -0.258. The van der Waals surface area contributed by atoms with Crippen molar-refractivity contribution in [2.45, 2.75) is 38.0 Å². The standard InChI is InChI=1S/C25H21F2NO3/c1-13-9-18(13)23-19(10-15(26)11-21(23)27)16-3-2-4-17-22(14-5-7-31-8-6-14)20(25(29)30)12-28-24(16)17/h2-4,10-11,13-14,18H,5-9H2,1H3/p+1/t13?,18-/m0/s1. The first kappa shape index (κ1) is 19.9. The molecule has 1 saturated carbocycles. The molecule has 1 saturated heterocycles. The average molecular weight is 422 g/mol. The molecule has 2 aliphatic rings. The highest BCUT2D eigenvalue weighted by Crippen LogP contribution is 2.51. The summed E-state index contributed by atoms with van der Waals surface area (Å²) in [5, 5.41) is 10.5. The molecule has 3 aromatic rings. The molecule has 6 heteroatoms. The van der Waals surface area contributed by atoms with E-state index in [4.69, 9.17) is 4.74 Å². The number of fused-ring (bicyclic) bond motifs is 1. The van der Waals surface area contributed by atoms with Crippen LogP contribution in [0.5, 0.6) is 0 Å². The predicted octanol–water partition coefficient (Wildman–Crippen LogP) is 4.90. The summed E-state index contributed by atoms with van der Waals surface area (Å²) < 4.78 is 34.6. The third-order valence-electron chi connectivity index (χ3n) is 6.58. The van der Waals surface area contributed by atoms with Crippen LogP contribution in [0, 0.1) is 23.7 Å². The van der Waals surface area contributed by atoms with Gasteiger partial charge < -0.3 is 9.84 Å². The zero-order chi connectivity index (χ0) is 21.7. The van der Waals surface area contributed by atoms with E-state index in [0.29, 0.717) is 65.1 Å². The SMILES string of the molecule is CC1C[C@@H]1c1c(F)cc(F)cc1-c1cccc2c(C3CCOCC3)c(C(=O)O)c#[n+]c12. The molecular weight excluding hydrogens is 400 g/mol. The van der Waals surface area contributed by atoms with Crippen LogP contribution in [0.25, 0.3) is 22.0 Å². The smallest absolute Gasteiger partial charge is 0.355 e. The van der Waals surface area contributed by atoms with Gasteiger partial charge in [0.15, 0.2) is 5.56 Å². The number of aromatic nitrogens is 1. The van der Waals surface area contributed by atoms with Crippen molar-refractivity contribution in [3.63, 3.8) is 0 Å². The van der Waals surface area contributed by atoms with Crippen LogP contribution in [-0.2, 0) is 4.74 Å². The molecule has 2 fully saturated rings. The fraction of sp³-hybridized carbons (Fsp3) is 0.360. The second-order valence-corrected chi connectivity index (χ2v) is 8.57. The van der Waals surface area contributed by atoms with Gasteiger partial charge in [0.25, 0.3) is 0 Å². The summed E-state index contributed by atoms with van der Waals surface area (Å²) in [6.45, 7) is 3.17. The fourth-order valence-electron chi connectivity index (χ4n) is 4.89. The summed E-state index contributed by atoms with van der Waals surface area (Å²) in [6.07, 6.45) is 4.98. The van der Waals surface area contributed by atoms with Crippen molar-refractivity contribution in [1.82, 2.24) is 0 Å². The van der Waals surface area contributed by atoms with E-state index in [1.807, 2.05) is 6.07 Å². The van der Waals surface area contributed by atoms with E-state index in [0.717, 1.165) is 12.5 Å². The summed E-state index contributed by atoms with van der Waals surface area (Å²) in [7, 11) is 0. The lowest BCUT2D eigenvalue weighted by atomic mass is 9.85. The number of halogens is 2. The lowest BCUT2D eigenvalue weighted by Gasteiger charge is -2.23. The van der Waals surface area contributed by atoms with Crippen LogP contribution in [0.1, 0.15) is 59.5 Å². The Morgan fingerprint density at radius 3 is 2.58 bits per heavy atom. The van der Waals surface area contributed by atoms with Gasteiger partial charge in [-0.2, -0.15) is 0 Å². The second-order valence-electron chi connectivity index (χ2n) is 8.57. The van der Waals surface area contributed by atoms with Crippen LogP contribution < -0.4 is 4.98 Å². The first-order valence-corrected chi connectivity index (χ1v) is 10.6. The normalized spacial score (nSPS) is 21.1. The van der Waals surface area contributed by atoms with Crippen molar-refractivity contribution in [1.29, 1.82) is 0 Å². The van der Waals surface area contributed by atoms with Crippen LogP contribution in [0.3, 0.4) is 0 Å².